The maximum absolute atomic E-state index is 11.9. The summed E-state index contributed by atoms with van der Waals surface area (Å²) in [6.07, 6.45) is 4.49. The zero-order chi connectivity index (χ0) is 18.0. The maximum Gasteiger partial charge on any atom is 0.407 e. The first-order chi connectivity index (χ1) is 12.0. The molecule has 0 aromatic carbocycles. The van der Waals surface area contributed by atoms with Crippen LogP contribution in [-0.2, 0) is 9.47 Å². The van der Waals surface area contributed by atoms with Crippen LogP contribution in [-0.4, -0.2) is 25.9 Å². The largest absolute Gasteiger partial charge is 0.467 e. The average molecular weight is 347 g/mol. The van der Waals surface area contributed by atoms with Crippen LogP contribution < -0.4 is 5.32 Å². The summed E-state index contributed by atoms with van der Waals surface area (Å²) in [7, 11) is 0. The molecule has 1 aromatic rings. The number of rotatable bonds is 5. The van der Waals surface area contributed by atoms with Gasteiger partial charge in [-0.3, -0.25) is 0 Å². The van der Waals surface area contributed by atoms with Crippen molar-refractivity contribution in [2.75, 3.05) is 19.8 Å². The maximum atomic E-state index is 11.9. The van der Waals surface area contributed by atoms with Crippen molar-refractivity contribution >= 4 is 6.09 Å². The van der Waals surface area contributed by atoms with E-state index in [1.165, 1.54) is 5.57 Å². The molecule has 1 aromatic heterocycles. The first kappa shape index (κ1) is 18.1. The van der Waals surface area contributed by atoms with Crippen molar-refractivity contribution in [1.82, 2.24) is 5.32 Å². The van der Waals surface area contributed by atoms with Gasteiger partial charge >= 0.3 is 6.09 Å². The number of amides is 1. The third-order valence-corrected chi connectivity index (χ3v) is 6.06. The zero-order valence-corrected chi connectivity index (χ0v) is 15.6. The van der Waals surface area contributed by atoms with E-state index in [0.29, 0.717) is 25.7 Å². The predicted octanol–water partition coefficient (Wildman–Crippen LogP) is 4.32. The lowest BCUT2D eigenvalue weighted by atomic mass is 9.56. The van der Waals surface area contributed by atoms with Gasteiger partial charge in [0, 0.05) is 17.9 Å². The Morgan fingerprint density at radius 1 is 1.44 bits per heavy atom. The summed E-state index contributed by atoms with van der Waals surface area (Å²) >= 11 is 0. The Kier molecular flexibility index (Phi) is 5.23. The molecule has 1 N–H and O–H groups in total. The summed E-state index contributed by atoms with van der Waals surface area (Å²) < 4.78 is 17.5. The van der Waals surface area contributed by atoms with Gasteiger partial charge in [-0.05, 0) is 37.3 Å². The summed E-state index contributed by atoms with van der Waals surface area (Å²) in [6.45, 7) is 10.2. The molecule has 5 heteroatoms. The van der Waals surface area contributed by atoms with Crippen LogP contribution in [0.3, 0.4) is 0 Å². The minimum atomic E-state index is -0.341. The number of carbonyl (C=O) groups excluding carboxylic acids is 1. The molecule has 25 heavy (non-hydrogen) atoms. The number of hydrogen-bond donors (Lipinski definition) is 1. The van der Waals surface area contributed by atoms with E-state index >= 15 is 0 Å². The topological polar surface area (TPSA) is 60.7 Å². The molecule has 1 amide bonds. The van der Waals surface area contributed by atoms with Gasteiger partial charge in [0.2, 0.25) is 0 Å². The Balaban J connectivity index is 1.80. The number of allylic oxidation sites excluding steroid dienone is 1. The van der Waals surface area contributed by atoms with Crippen molar-refractivity contribution in [2.24, 2.45) is 23.2 Å². The molecule has 0 radical (unpaired) electrons. The fraction of sp³-hybridized carbons (Fsp3) is 0.650. The molecule has 138 valence electrons. The SMILES string of the molecule is CCCNC(=O)OCC12COC(c3ccco3)C(C(C)=CC1C)C2C. The van der Waals surface area contributed by atoms with Gasteiger partial charge in [-0.15, -0.1) is 0 Å². The fourth-order valence-corrected chi connectivity index (χ4v) is 4.45. The summed E-state index contributed by atoms with van der Waals surface area (Å²) in [5.41, 5.74) is 1.13. The van der Waals surface area contributed by atoms with E-state index in [4.69, 9.17) is 13.9 Å². The lowest BCUT2D eigenvalue weighted by Crippen LogP contribution is -2.54. The van der Waals surface area contributed by atoms with Crippen LogP contribution >= 0.6 is 0 Å². The number of fused-ring (bicyclic) bond motifs is 2. The third-order valence-electron chi connectivity index (χ3n) is 6.06. The quantitative estimate of drug-likeness (QED) is 0.806. The van der Waals surface area contributed by atoms with Gasteiger partial charge in [-0.2, -0.15) is 0 Å². The highest BCUT2D eigenvalue weighted by molar-refractivity contribution is 5.67. The van der Waals surface area contributed by atoms with Crippen LogP contribution in [0.5, 0.6) is 0 Å². The van der Waals surface area contributed by atoms with Crippen molar-refractivity contribution in [1.29, 1.82) is 0 Å². The lowest BCUT2D eigenvalue weighted by Gasteiger charge is -2.54. The molecular formula is C20H29NO4. The van der Waals surface area contributed by atoms with Crippen LogP contribution in [0.2, 0.25) is 0 Å². The highest BCUT2D eigenvalue weighted by atomic mass is 16.6. The lowest BCUT2D eigenvalue weighted by molar-refractivity contribution is -0.170. The van der Waals surface area contributed by atoms with Crippen LogP contribution in [0.15, 0.2) is 34.5 Å². The minimum absolute atomic E-state index is 0.0733. The molecular weight excluding hydrogens is 318 g/mol. The second-order valence-corrected chi connectivity index (χ2v) is 7.50. The number of nitrogens with one attached hydrogen (secondary N) is 1. The molecule has 1 fully saturated rings. The Bertz CT molecular complexity index is 624. The molecule has 3 rings (SSSR count). The predicted molar refractivity (Wildman–Crippen MR) is 95.1 cm³/mol. The molecule has 2 heterocycles. The highest BCUT2D eigenvalue weighted by Crippen LogP contribution is 2.56. The Morgan fingerprint density at radius 3 is 2.92 bits per heavy atom. The molecule has 0 spiro atoms. The van der Waals surface area contributed by atoms with E-state index in [1.807, 2.05) is 19.1 Å². The van der Waals surface area contributed by atoms with Gasteiger partial charge in [0.25, 0.3) is 0 Å². The summed E-state index contributed by atoms with van der Waals surface area (Å²) in [5, 5.41) is 2.78. The van der Waals surface area contributed by atoms with Crippen molar-refractivity contribution < 1.29 is 18.7 Å². The van der Waals surface area contributed by atoms with Crippen LogP contribution in [0, 0.1) is 23.2 Å². The van der Waals surface area contributed by atoms with Crippen LogP contribution in [0.1, 0.15) is 46.0 Å². The van der Waals surface area contributed by atoms with Gasteiger partial charge in [0.05, 0.1) is 12.9 Å². The summed E-state index contributed by atoms with van der Waals surface area (Å²) in [5.74, 6) is 1.72. The van der Waals surface area contributed by atoms with Gasteiger partial charge < -0.3 is 19.2 Å². The first-order valence-electron chi connectivity index (χ1n) is 9.23. The molecule has 1 aliphatic carbocycles. The number of alkyl carbamates (subject to hydrolysis) is 1. The van der Waals surface area contributed by atoms with E-state index in [-0.39, 0.29) is 29.4 Å². The monoisotopic (exact) mass is 347 g/mol. The molecule has 0 saturated carbocycles. The van der Waals surface area contributed by atoms with Crippen LogP contribution in [0.25, 0.3) is 0 Å². The normalized spacial score (nSPS) is 34.3. The third kappa shape index (κ3) is 3.22. The average Bonchev–Trinajstić information content (AvgIpc) is 3.11. The highest BCUT2D eigenvalue weighted by Gasteiger charge is 2.55. The molecule has 2 bridgehead atoms. The number of hydrogen-bond acceptors (Lipinski definition) is 4. The van der Waals surface area contributed by atoms with Gasteiger partial charge in [0.1, 0.15) is 18.5 Å². The Labute approximate surface area is 149 Å². The molecule has 5 atom stereocenters. The molecule has 1 aliphatic heterocycles. The number of carbonyl (C=O) groups is 1. The van der Waals surface area contributed by atoms with Crippen molar-refractivity contribution in [3.8, 4) is 0 Å². The van der Waals surface area contributed by atoms with E-state index < -0.39 is 0 Å². The van der Waals surface area contributed by atoms with Gasteiger partial charge in [-0.25, -0.2) is 4.79 Å². The van der Waals surface area contributed by atoms with Crippen molar-refractivity contribution in [3.63, 3.8) is 0 Å². The van der Waals surface area contributed by atoms with Crippen molar-refractivity contribution in [3.05, 3.63) is 35.8 Å². The Hall–Kier alpha value is -1.75. The standard InChI is InChI=1S/C20H29NO4/c1-5-8-21-19(22)25-12-20-11-24-18(16-7-6-9-23-16)17(15(20)4)13(2)10-14(20)3/h6-7,9-10,14-15,17-18H,5,8,11-12H2,1-4H3,(H,21,22). The number of furan rings is 1. The summed E-state index contributed by atoms with van der Waals surface area (Å²) in [4.78, 5) is 11.9. The van der Waals surface area contributed by atoms with Crippen LogP contribution in [0.4, 0.5) is 4.79 Å². The van der Waals surface area contributed by atoms with Gasteiger partial charge in [0.15, 0.2) is 0 Å². The van der Waals surface area contributed by atoms with Gasteiger partial charge in [-0.1, -0.05) is 32.4 Å². The first-order valence-corrected chi connectivity index (χ1v) is 9.23. The van der Waals surface area contributed by atoms with E-state index in [2.05, 4.69) is 32.2 Å². The smallest absolute Gasteiger partial charge is 0.407 e. The molecule has 5 nitrogen and oxygen atoms in total. The molecule has 1 saturated heterocycles. The Morgan fingerprint density at radius 2 is 2.24 bits per heavy atom. The fourth-order valence-electron chi connectivity index (χ4n) is 4.45. The van der Waals surface area contributed by atoms with E-state index in [9.17, 15) is 4.79 Å². The number of ether oxygens (including phenoxy) is 2. The minimum Gasteiger partial charge on any atom is -0.467 e. The van der Waals surface area contributed by atoms with E-state index in [1.54, 1.807) is 6.26 Å². The molecule has 2 aliphatic rings. The second kappa shape index (κ2) is 7.24. The van der Waals surface area contributed by atoms with Crippen molar-refractivity contribution in [2.45, 2.75) is 40.2 Å². The second-order valence-electron chi connectivity index (χ2n) is 7.50. The zero-order valence-electron chi connectivity index (χ0n) is 15.6. The summed E-state index contributed by atoms with van der Waals surface area (Å²) in [6, 6.07) is 3.88. The van der Waals surface area contributed by atoms with E-state index in [0.717, 1.165) is 12.2 Å². The molecule has 5 unspecified atom stereocenters.